The van der Waals surface area contributed by atoms with Crippen molar-refractivity contribution < 1.29 is 14.3 Å². The standard InChI is InChI=1S/C18H34N2O3/c1-13(2)16-12-15(8-11-22-16)19-14-6-9-20(10-7-14)17(21)23-18(3,4)5/h13-16,19H,6-12H2,1-5H3. The van der Waals surface area contributed by atoms with Gasteiger partial charge in [0.05, 0.1) is 6.10 Å². The van der Waals surface area contributed by atoms with Gasteiger partial charge in [-0.3, -0.25) is 0 Å². The molecule has 0 radical (unpaired) electrons. The molecule has 0 saturated carbocycles. The fourth-order valence-corrected chi connectivity index (χ4v) is 3.33. The van der Waals surface area contributed by atoms with Crippen LogP contribution in [-0.4, -0.2) is 54.5 Å². The van der Waals surface area contributed by atoms with E-state index in [4.69, 9.17) is 9.47 Å². The lowest BCUT2D eigenvalue weighted by Gasteiger charge is -2.38. The first-order chi connectivity index (χ1) is 10.7. The van der Waals surface area contributed by atoms with Gasteiger partial charge in [0, 0.05) is 31.8 Å². The Labute approximate surface area is 141 Å². The maximum atomic E-state index is 12.1. The lowest BCUT2D eigenvalue weighted by atomic mass is 9.94. The summed E-state index contributed by atoms with van der Waals surface area (Å²) in [5.74, 6) is 0.577. The molecule has 2 rings (SSSR count). The van der Waals surface area contributed by atoms with E-state index in [1.54, 1.807) is 0 Å². The highest BCUT2D eigenvalue weighted by Gasteiger charge is 2.30. The minimum atomic E-state index is -0.417. The first kappa shape index (κ1) is 18.5. The van der Waals surface area contributed by atoms with E-state index in [0.717, 1.165) is 45.4 Å². The summed E-state index contributed by atoms with van der Waals surface area (Å²) < 4.78 is 11.3. The van der Waals surface area contributed by atoms with Crippen molar-refractivity contribution in [3.8, 4) is 0 Å². The lowest BCUT2D eigenvalue weighted by Crippen LogP contribution is -2.50. The summed E-state index contributed by atoms with van der Waals surface area (Å²) in [6.45, 7) is 12.6. The molecular formula is C18H34N2O3. The molecule has 2 aliphatic heterocycles. The second-order valence-electron chi connectivity index (χ2n) is 8.28. The molecule has 0 aromatic rings. The summed E-state index contributed by atoms with van der Waals surface area (Å²) >= 11 is 0. The summed E-state index contributed by atoms with van der Waals surface area (Å²) in [4.78, 5) is 13.9. The third-order valence-corrected chi connectivity index (χ3v) is 4.68. The van der Waals surface area contributed by atoms with Gasteiger partial charge in [-0.1, -0.05) is 13.8 Å². The molecule has 0 bridgehead atoms. The van der Waals surface area contributed by atoms with Crippen LogP contribution in [0.15, 0.2) is 0 Å². The van der Waals surface area contributed by atoms with E-state index < -0.39 is 5.60 Å². The lowest BCUT2D eigenvalue weighted by molar-refractivity contribution is -0.0273. The molecule has 2 aliphatic rings. The smallest absolute Gasteiger partial charge is 0.410 e. The third-order valence-electron chi connectivity index (χ3n) is 4.68. The van der Waals surface area contributed by atoms with Gasteiger partial charge in [-0.25, -0.2) is 4.79 Å². The number of nitrogens with zero attached hydrogens (tertiary/aromatic N) is 1. The topological polar surface area (TPSA) is 50.8 Å². The van der Waals surface area contributed by atoms with E-state index in [-0.39, 0.29) is 6.09 Å². The Balaban J connectivity index is 1.73. The Bertz CT molecular complexity index is 384. The third kappa shape index (κ3) is 5.96. The van der Waals surface area contributed by atoms with Gasteiger partial charge in [-0.05, 0) is 52.4 Å². The number of hydrogen-bond acceptors (Lipinski definition) is 4. The van der Waals surface area contributed by atoms with Gasteiger partial charge in [-0.15, -0.1) is 0 Å². The molecule has 0 spiro atoms. The molecule has 2 atom stereocenters. The number of carbonyl (C=O) groups excluding carboxylic acids is 1. The van der Waals surface area contributed by atoms with E-state index in [0.29, 0.717) is 24.1 Å². The predicted molar refractivity (Wildman–Crippen MR) is 91.6 cm³/mol. The first-order valence-corrected chi connectivity index (χ1v) is 9.10. The molecule has 2 fully saturated rings. The average molecular weight is 326 g/mol. The highest BCUT2D eigenvalue weighted by Crippen LogP contribution is 2.22. The molecule has 5 nitrogen and oxygen atoms in total. The normalized spacial score (nSPS) is 27.3. The zero-order valence-corrected chi connectivity index (χ0v) is 15.4. The summed E-state index contributed by atoms with van der Waals surface area (Å²) in [6.07, 6.45) is 4.40. The van der Waals surface area contributed by atoms with E-state index >= 15 is 0 Å². The molecular weight excluding hydrogens is 292 g/mol. The zero-order chi connectivity index (χ0) is 17.0. The molecule has 23 heavy (non-hydrogen) atoms. The maximum absolute atomic E-state index is 12.1. The first-order valence-electron chi connectivity index (χ1n) is 9.10. The summed E-state index contributed by atoms with van der Waals surface area (Å²) in [6, 6.07) is 1.05. The van der Waals surface area contributed by atoms with Crippen molar-refractivity contribution >= 4 is 6.09 Å². The van der Waals surface area contributed by atoms with Gasteiger partial charge in [0.1, 0.15) is 5.60 Å². The molecule has 2 heterocycles. The van der Waals surface area contributed by atoms with Crippen LogP contribution in [0.25, 0.3) is 0 Å². The number of rotatable bonds is 3. The van der Waals surface area contributed by atoms with Gasteiger partial charge in [0.25, 0.3) is 0 Å². The molecule has 1 N–H and O–H groups in total. The molecule has 0 aromatic heterocycles. The zero-order valence-electron chi connectivity index (χ0n) is 15.4. The van der Waals surface area contributed by atoms with Crippen molar-refractivity contribution in [3.63, 3.8) is 0 Å². The molecule has 0 aliphatic carbocycles. The quantitative estimate of drug-likeness (QED) is 0.865. The Kier molecular flexibility index (Phi) is 6.32. The van der Waals surface area contributed by atoms with Crippen molar-refractivity contribution in [2.75, 3.05) is 19.7 Å². The molecule has 2 unspecified atom stereocenters. The predicted octanol–water partition coefficient (Wildman–Crippen LogP) is 3.18. The van der Waals surface area contributed by atoms with E-state index in [1.807, 2.05) is 25.7 Å². The molecule has 0 aromatic carbocycles. The van der Waals surface area contributed by atoms with Crippen LogP contribution in [0.2, 0.25) is 0 Å². The molecule has 134 valence electrons. The van der Waals surface area contributed by atoms with Crippen LogP contribution in [0, 0.1) is 5.92 Å². The van der Waals surface area contributed by atoms with Crippen molar-refractivity contribution in [3.05, 3.63) is 0 Å². The van der Waals surface area contributed by atoms with Crippen LogP contribution in [0.4, 0.5) is 4.79 Å². The van der Waals surface area contributed by atoms with Crippen molar-refractivity contribution in [2.24, 2.45) is 5.92 Å². The average Bonchev–Trinajstić information content (AvgIpc) is 2.46. The Morgan fingerprint density at radius 1 is 1.17 bits per heavy atom. The number of ether oxygens (including phenoxy) is 2. The maximum Gasteiger partial charge on any atom is 0.410 e. The van der Waals surface area contributed by atoms with Gasteiger partial charge < -0.3 is 19.7 Å². The van der Waals surface area contributed by atoms with Gasteiger partial charge >= 0.3 is 6.09 Å². The minimum Gasteiger partial charge on any atom is -0.444 e. The van der Waals surface area contributed by atoms with Crippen LogP contribution in [-0.2, 0) is 9.47 Å². The van der Waals surface area contributed by atoms with Crippen LogP contribution in [0.5, 0.6) is 0 Å². The Morgan fingerprint density at radius 2 is 1.83 bits per heavy atom. The van der Waals surface area contributed by atoms with Crippen molar-refractivity contribution in [1.82, 2.24) is 10.2 Å². The fourth-order valence-electron chi connectivity index (χ4n) is 3.33. The Hall–Kier alpha value is -0.810. The summed E-state index contributed by atoms with van der Waals surface area (Å²) in [5, 5.41) is 3.79. The number of likely N-dealkylation sites (tertiary alicyclic amines) is 1. The van der Waals surface area contributed by atoms with Crippen molar-refractivity contribution in [1.29, 1.82) is 0 Å². The van der Waals surface area contributed by atoms with Crippen LogP contribution >= 0.6 is 0 Å². The molecule has 1 amide bonds. The van der Waals surface area contributed by atoms with Crippen LogP contribution < -0.4 is 5.32 Å². The summed E-state index contributed by atoms with van der Waals surface area (Å²) in [5.41, 5.74) is -0.417. The fraction of sp³-hybridized carbons (Fsp3) is 0.944. The highest BCUT2D eigenvalue weighted by atomic mass is 16.6. The van der Waals surface area contributed by atoms with Gasteiger partial charge in [0.2, 0.25) is 0 Å². The number of amides is 1. The summed E-state index contributed by atoms with van der Waals surface area (Å²) in [7, 11) is 0. The number of nitrogens with one attached hydrogen (secondary N) is 1. The van der Waals surface area contributed by atoms with Crippen LogP contribution in [0.1, 0.15) is 60.3 Å². The minimum absolute atomic E-state index is 0.179. The van der Waals surface area contributed by atoms with Gasteiger partial charge in [-0.2, -0.15) is 0 Å². The monoisotopic (exact) mass is 326 g/mol. The largest absolute Gasteiger partial charge is 0.444 e. The number of piperidine rings is 1. The van der Waals surface area contributed by atoms with Crippen LogP contribution in [0.3, 0.4) is 0 Å². The highest BCUT2D eigenvalue weighted by molar-refractivity contribution is 5.68. The van der Waals surface area contributed by atoms with Crippen molar-refractivity contribution in [2.45, 2.75) is 84.1 Å². The molecule has 2 saturated heterocycles. The number of hydrogen-bond donors (Lipinski definition) is 1. The van der Waals surface area contributed by atoms with E-state index in [9.17, 15) is 4.79 Å². The van der Waals surface area contributed by atoms with Gasteiger partial charge in [0.15, 0.2) is 0 Å². The number of carbonyl (C=O) groups is 1. The van der Waals surface area contributed by atoms with E-state index in [1.165, 1.54) is 0 Å². The van der Waals surface area contributed by atoms with E-state index in [2.05, 4.69) is 19.2 Å². The second-order valence-corrected chi connectivity index (χ2v) is 8.28. The Morgan fingerprint density at radius 3 is 2.39 bits per heavy atom. The SMILES string of the molecule is CC(C)C1CC(NC2CCN(C(=O)OC(C)(C)C)CC2)CCO1. The second kappa shape index (κ2) is 7.84. The molecule has 5 heteroatoms.